The molecule has 3 atom stereocenters. The summed E-state index contributed by atoms with van der Waals surface area (Å²) in [5.41, 5.74) is 0.817. The molecule has 3 aliphatic heterocycles. The molecule has 3 fully saturated rings. The van der Waals surface area contributed by atoms with E-state index in [1.165, 1.54) is 17.9 Å². The molecule has 3 heterocycles. The maximum Gasteiger partial charge on any atom is 0.414 e. The lowest BCUT2D eigenvalue weighted by Gasteiger charge is -2.45. The molecule has 0 spiro atoms. The molecular weight excluding hydrogens is 383 g/mol. The van der Waals surface area contributed by atoms with Crippen LogP contribution >= 0.6 is 0 Å². The van der Waals surface area contributed by atoms with Crippen LogP contribution in [0.2, 0.25) is 0 Å². The second-order valence-corrected chi connectivity index (χ2v) is 7.63. The molecule has 9 nitrogen and oxygen atoms in total. The first-order chi connectivity index (χ1) is 13.9. The van der Waals surface area contributed by atoms with Crippen LogP contribution in [-0.2, 0) is 14.3 Å². The van der Waals surface area contributed by atoms with Gasteiger partial charge in [0.1, 0.15) is 18.5 Å². The molecule has 0 unspecified atom stereocenters. The molecule has 10 heteroatoms. The fraction of sp³-hybridized carbons (Fsp3) is 0.526. The Morgan fingerprint density at radius 2 is 2.07 bits per heavy atom. The van der Waals surface area contributed by atoms with Crippen molar-refractivity contribution in [3.8, 4) is 0 Å². The van der Waals surface area contributed by atoms with E-state index in [1.54, 1.807) is 17.0 Å². The van der Waals surface area contributed by atoms with Gasteiger partial charge in [-0.3, -0.25) is 14.5 Å². The van der Waals surface area contributed by atoms with Gasteiger partial charge in [0.25, 0.3) is 0 Å². The summed E-state index contributed by atoms with van der Waals surface area (Å²) in [6, 6.07) is 4.63. The number of nitrogens with zero attached hydrogens (tertiary/aromatic N) is 3. The molecular formula is C19H23FN4O5. The Kier molecular flexibility index (Phi) is 5.03. The number of hydrogen-bond donors (Lipinski definition) is 2. The van der Waals surface area contributed by atoms with E-state index in [-0.39, 0.29) is 36.9 Å². The summed E-state index contributed by atoms with van der Waals surface area (Å²) in [7, 11) is 0. The monoisotopic (exact) mass is 406 g/mol. The molecule has 1 aromatic rings. The average molecular weight is 406 g/mol. The van der Waals surface area contributed by atoms with Gasteiger partial charge in [0.15, 0.2) is 0 Å². The SMILES string of the molecule is CC(=O)NC[C@H]1CN(c2ccc(N3C[C@H]4CN(C(=O)CO)C[C@H]43)c(F)c2)C(=O)O1. The molecule has 3 amide bonds. The van der Waals surface area contributed by atoms with E-state index in [0.717, 1.165) is 0 Å². The Morgan fingerprint density at radius 1 is 1.28 bits per heavy atom. The molecule has 4 rings (SSSR count). The second kappa shape index (κ2) is 7.51. The fourth-order valence-corrected chi connectivity index (χ4v) is 4.21. The molecule has 0 radical (unpaired) electrons. The minimum absolute atomic E-state index is 0.0321. The van der Waals surface area contributed by atoms with Crippen LogP contribution < -0.4 is 15.1 Å². The number of carbonyl (C=O) groups is 3. The third-order valence-electron chi connectivity index (χ3n) is 5.73. The molecule has 0 saturated carbocycles. The zero-order chi connectivity index (χ0) is 20.7. The average Bonchev–Trinajstić information content (AvgIpc) is 3.21. The Bertz CT molecular complexity index is 850. The number of cyclic esters (lactones) is 1. The number of aliphatic hydroxyl groups is 1. The molecule has 3 saturated heterocycles. The van der Waals surface area contributed by atoms with Gasteiger partial charge in [-0.25, -0.2) is 9.18 Å². The van der Waals surface area contributed by atoms with Gasteiger partial charge in [0.05, 0.1) is 30.5 Å². The van der Waals surface area contributed by atoms with Crippen molar-refractivity contribution in [2.75, 3.05) is 49.1 Å². The second-order valence-electron chi connectivity index (χ2n) is 7.63. The van der Waals surface area contributed by atoms with Crippen molar-refractivity contribution >= 4 is 29.3 Å². The maximum absolute atomic E-state index is 14.8. The molecule has 0 aromatic heterocycles. The van der Waals surface area contributed by atoms with Crippen molar-refractivity contribution in [2.24, 2.45) is 5.92 Å². The number of fused-ring (bicyclic) bond motifs is 1. The highest BCUT2D eigenvalue weighted by atomic mass is 19.1. The molecule has 29 heavy (non-hydrogen) atoms. The van der Waals surface area contributed by atoms with Crippen molar-refractivity contribution in [3.63, 3.8) is 0 Å². The van der Waals surface area contributed by atoms with Gasteiger partial charge >= 0.3 is 6.09 Å². The summed E-state index contributed by atoms with van der Waals surface area (Å²) in [6.07, 6.45) is -1.07. The first-order valence-corrected chi connectivity index (χ1v) is 9.54. The molecule has 156 valence electrons. The highest BCUT2D eigenvalue weighted by molar-refractivity contribution is 5.90. The zero-order valence-electron chi connectivity index (χ0n) is 16.0. The smallest absolute Gasteiger partial charge is 0.414 e. The van der Waals surface area contributed by atoms with Crippen molar-refractivity contribution in [2.45, 2.75) is 19.1 Å². The summed E-state index contributed by atoms with van der Waals surface area (Å²) in [5.74, 6) is -0.705. The first-order valence-electron chi connectivity index (χ1n) is 9.54. The maximum atomic E-state index is 14.8. The minimum atomic E-state index is -0.578. The Hall–Kier alpha value is -2.88. The number of aliphatic hydroxyl groups excluding tert-OH is 1. The predicted octanol–water partition coefficient (Wildman–Crippen LogP) is -0.0737. The molecule has 0 aliphatic carbocycles. The van der Waals surface area contributed by atoms with Gasteiger partial charge in [-0.15, -0.1) is 0 Å². The van der Waals surface area contributed by atoms with Gasteiger partial charge in [-0.2, -0.15) is 0 Å². The van der Waals surface area contributed by atoms with Crippen molar-refractivity contribution in [1.82, 2.24) is 10.2 Å². The largest absolute Gasteiger partial charge is 0.442 e. The highest BCUT2D eigenvalue weighted by Gasteiger charge is 2.47. The quantitative estimate of drug-likeness (QED) is 0.710. The van der Waals surface area contributed by atoms with Crippen LogP contribution in [0.1, 0.15) is 6.92 Å². The molecule has 2 N–H and O–H groups in total. The molecule has 0 bridgehead atoms. The van der Waals surface area contributed by atoms with Gasteiger partial charge < -0.3 is 25.0 Å². The number of nitrogens with one attached hydrogen (secondary N) is 1. The number of anilines is 2. The van der Waals surface area contributed by atoms with Crippen LogP contribution in [0.3, 0.4) is 0 Å². The zero-order valence-corrected chi connectivity index (χ0v) is 16.0. The van der Waals surface area contributed by atoms with Crippen LogP contribution in [0.5, 0.6) is 0 Å². The van der Waals surface area contributed by atoms with E-state index in [1.807, 2.05) is 4.90 Å². The lowest BCUT2D eigenvalue weighted by molar-refractivity contribution is -0.133. The Labute approximate surface area is 167 Å². The standard InChI is InChI=1S/C19H23FN4O5/c1-11(26)21-5-14-8-23(19(28)29-14)13-2-3-16(15(20)4-13)24-7-12-6-22(9-17(12)24)18(27)10-25/h2-4,12,14,17,25H,5-10H2,1H3,(H,21,26)/t12-,14+,17-/m1/s1. The topological polar surface area (TPSA) is 102 Å². The first kappa shape index (κ1) is 19.4. The van der Waals surface area contributed by atoms with Gasteiger partial charge in [0, 0.05) is 32.5 Å². The summed E-state index contributed by atoms with van der Waals surface area (Å²) in [4.78, 5) is 39.7. The van der Waals surface area contributed by atoms with Gasteiger partial charge in [-0.05, 0) is 18.2 Å². The van der Waals surface area contributed by atoms with Gasteiger partial charge in [-0.1, -0.05) is 0 Å². The van der Waals surface area contributed by atoms with E-state index in [4.69, 9.17) is 9.84 Å². The van der Waals surface area contributed by atoms with Crippen LogP contribution in [0.15, 0.2) is 18.2 Å². The predicted molar refractivity (Wildman–Crippen MR) is 101 cm³/mol. The normalized spacial score (nSPS) is 25.6. The molecule has 3 aliphatic rings. The van der Waals surface area contributed by atoms with E-state index < -0.39 is 24.6 Å². The lowest BCUT2D eigenvalue weighted by atomic mass is 9.91. The van der Waals surface area contributed by atoms with E-state index in [9.17, 15) is 18.8 Å². The lowest BCUT2D eigenvalue weighted by Crippen LogP contribution is -2.56. The van der Waals surface area contributed by atoms with Crippen molar-refractivity contribution in [3.05, 3.63) is 24.0 Å². The van der Waals surface area contributed by atoms with Crippen molar-refractivity contribution in [1.29, 1.82) is 0 Å². The number of rotatable bonds is 5. The summed E-state index contributed by atoms with van der Waals surface area (Å²) >= 11 is 0. The van der Waals surface area contributed by atoms with E-state index in [0.29, 0.717) is 31.0 Å². The number of amides is 3. The summed E-state index contributed by atoms with van der Waals surface area (Å²) < 4.78 is 20.0. The molecule has 1 aromatic carbocycles. The number of halogens is 1. The number of likely N-dealkylation sites (tertiary alicyclic amines) is 1. The third kappa shape index (κ3) is 3.59. The van der Waals surface area contributed by atoms with Gasteiger partial charge in [0.2, 0.25) is 11.8 Å². The summed E-state index contributed by atoms with van der Waals surface area (Å²) in [5, 5.41) is 11.6. The fourth-order valence-electron chi connectivity index (χ4n) is 4.21. The third-order valence-corrected chi connectivity index (χ3v) is 5.73. The van der Waals surface area contributed by atoms with Crippen LogP contribution in [0.25, 0.3) is 0 Å². The Balaban J connectivity index is 1.42. The Morgan fingerprint density at radius 3 is 2.76 bits per heavy atom. The van der Waals surface area contributed by atoms with E-state index in [2.05, 4.69) is 5.32 Å². The van der Waals surface area contributed by atoms with Crippen molar-refractivity contribution < 1.29 is 28.6 Å². The number of carbonyl (C=O) groups excluding carboxylic acids is 3. The van der Waals surface area contributed by atoms with Crippen LogP contribution in [0.4, 0.5) is 20.6 Å². The number of ether oxygens (including phenoxy) is 1. The minimum Gasteiger partial charge on any atom is -0.442 e. The van der Waals surface area contributed by atoms with E-state index >= 15 is 0 Å². The number of hydrogen-bond acceptors (Lipinski definition) is 6. The highest BCUT2D eigenvalue weighted by Crippen LogP contribution is 2.38. The number of benzene rings is 1. The summed E-state index contributed by atoms with van der Waals surface area (Å²) in [6.45, 7) is 2.98. The van der Waals surface area contributed by atoms with Crippen LogP contribution in [-0.4, -0.2) is 79.4 Å². The van der Waals surface area contributed by atoms with Crippen LogP contribution in [0, 0.1) is 11.7 Å².